The maximum absolute atomic E-state index is 13.6. The highest BCUT2D eigenvalue weighted by Gasteiger charge is 2.48. The van der Waals surface area contributed by atoms with Crippen molar-refractivity contribution in [2.24, 2.45) is 0 Å². The monoisotopic (exact) mass is 617 g/mol. The summed E-state index contributed by atoms with van der Waals surface area (Å²) in [6, 6.07) is 18.1. The number of aliphatic hydroxyl groups is 1. The quantitative estimate of drug-likeness (QED) is 0.0459. The third kappa shape index (κ3) is 6.81. The van der Waals surface area contributed by atoms with E-state index < -0.39 is 17.7 Å². The fraction of sp³-hybridized carbons (Fsp3) is 0.273. The maximum atomic E-state index is 13.6. The number of amides is 1. The van der Waals surface area contributed by atoms with Crippen molar-refractivity contribution in [1.29, 1.82) is 0 Å². The van der Waals surface area contributed by atoms with E-state index in [1.54, 1.807) is 30.3 Å². The molecule has 7 nitrogen and oxygen atoms in total. The van der Waals surface area contributed by atoms with Crippen molar-refractivity contribution in [2.75, 3.05) is 11.5 Å². The van der Waals surface area contributed by atoms with E-state index in [0.717, 1.165) is 36.0 Å². The number of Topliss-reactive ketones (excluding diaryl/α,β-unsaturated/α-hetero) is 1. The van der Waals surface area contributed by atoms with Crippen molar-refractivity contribution in [1.82, 2.24) is 10.2 Å². The Morgan fingerprint density at radius 3 is 2.49 bits per heavy atom. The molecule has 0 aliphatic carbocycles. The van der Waals surface area contributed by atoms with Crippen LogP contribution >= 0.6 is 23.1 Å². The summed E-state index contributed by atoms with van der Waals surface area (Å²) in [6.45, 7) is 6.48. The number of unbranched alkanes of at least 4 members (excludes halogenated alkanes) is 2. The molecule has 1 aromatic heterocycles. The first-order valence-electron chi connectivity index (χ1n) is 14.1. The molecule has 5 rings (SSSR count). The van der Waals surface area contributed by atoms with Crippen molar-refractivity contribution < 1.29 is 23.8 Å². The number of carbonyl (C=O) groups excluding carboxylic acids is 2. The summed E-state index contributed by atoms with van der Waals surface area (Å²) in [5.74, 6) is -0.908. The number of hydrogen-bond acceptors (Lipinski definition) is 8. The largest absolute Gasteiger partial charge is 0.507 e. The third-order valence-corrected chi connectivity index (χ3v) is 9.31. The predicted molar refractivity (Wildman–Crippen MR) is 168 cm³/mol. The van der Waals surface area contributed by atoms with Gasteiger partial charge in [0.05, 0.1) is 18.2 Å². The van der Waals surface area contributed by atoms with Crippen LogP contribution in [0.1, 0.15) is 60.0 Å². The van der Waals surface area contributed by atoms with Crippen LogP contribution in [0.15, 0.2) is 76.6 Å². The predicted octanol–water partition coefficient (Wildman–Crippen LogP) is 7.78. The third-order valence-electron chi connectivity index (χ3n) is 7.18. The molecule has 4 aromatic rings. The number of carbonyl (C=O) groups is 2. The van der Waals surface area contributed by atoms with Gasteiger partial charge in [0, 0.05) is 11.3 Å². The lowest BCUT2D eigenvalue weighted by molar-refractivity contribution is -0.132. The molecule has 1 aliphatic heterocycles. The van der Waals surface area contributed by atoms with Gasteiger partial charge < -0.3 is 9.84 Å². The Morgan fingerprint density at radius 2 is 1.77 bits per heavy atom. The van der Waals surface area contributed by atoms with Gasteiger partial charge >= 0.3 is 5.91 Å². The molecule has 1 amide bonds. The highest BCUT2D eigenvalue weighted by Crippen LogP contribution is 2.44. The summed E-state index contributed by atoms with van der Waals surface area (Å²) in [5.41, 5.74) is 3.71. The van der Waals surface area contributed by atoms with E-state index in [4.69, 9.17) is 4.74 Å². The molecule has 10 heteroatoms. The molecule has 222 valence electrons. The maximum Gasteiger partial charge on any atom is 0.301 e. The highest BCUT2D eigenvalue weighted by molar-refractivity contribution is 8.00. The highest BCUT2D eigenvalue weighted by atomic mass is 32.2. The molecule has 3 aromatic carbocycles. The zero-order valence-corrected chi connectivity index (χ0v) is 25.8. The topological polar surface area (TPSA) is 92.6 Å². The van der Waals surface area contributed by atoms with Gasteiger partial charge in [-0.2, -0.15) is 0 Å². The Bertz CT molecular complexity index is 1650. The summed E-state index contributed by atoms with van der Waals surface area (Å²) in [7, 11) is 0. The van der Waals surface area contributed by atoms with Crippen LogP contribution in [0.25, 0.3) is 5.76 Å². The summed E-state index contributed by atoms with van der Waals surface area (Å²) < 4.78 is 19.8. The smallest absolute Gasteiger partial charge is 0.301 e. The summed E-state index contributed by atoms with van der Waals surface area (Å²) >= 11 is 2.58. The number of aliphatic hydroxyl groups excluding tert-OH is 1. The van der Waals surface area contributed by atoms with Crippen LogP contribution in [0, 0.1) is 19.7 Å². The number of nitrogens with zero attached hydrogens (tertiary/aromatic N) is 3. The van der Waals surface area contributed by atoms with Crippen molar-refractivity contribution in [2.45, 2.75) is 56.2 Å². The second-order valence-electron chi connectivity index (χ2n) is 10.4. The molecule has 1 fully saturated rings. The Kier molecular flexibility index (Phi) is 9.57. The molecular weight excluding hydrogens is 586 g/mol. The Hall–Kier alpha value is -4.02. The molecule has 1 saturated heterocycles. The number of benzene rings is 3. The van der Waals surface area contributed by atoms with E-state index in [1.807, 2.05) is 38.1 Å². The molecule has 1 atom stereocenters. The number of aromatic nitrogens is 2. The van der Waals surface area contributed by atoms with E-state index >= 15 is 0 Å². The molecule has 43 heavy (non-hydrogen) atoms. The second-order valence-corrected chi connectivity index (χ2v) is 12.6. The zero-order chi connectivity index (χ0) is 30.5. The van der Waals surface area contributed by atoms with E-state index in [1.165, 1.54) is 40.1 Å². The second kappa shape index (κ2) is 13.5. The van der Waals surface area contributed by atoms with Crippen LogP contribution in [-0.4, -0.2) is 33.6 Å². The molecule has 1 N–H and O–H groups in total. The standard InChI is InChI=1S/C33H32FN3O4S2/c1-4-5-6-17-41-25-15-11-23(12-16-25)28-27(29(38)26-18-20(2)7-8-21(26)3)30(39)31(40)37(28)32-35-36-33(43-32)42-19-22-9-13-24(34)14-10-22/h7-16,18,28,38H,4-6,17,19H2,1-3H3/b29-27+. The summed E-state index contributed by atoms with van der Waals surface area (Å²) in [4.78, 5) is 28.5. The van der Waals surface area contributed by atoms with Gasteiger partial charge in [-0.1, -0.05) is 84.8 Å². The molecular formula is C33H32FN3O4S2. The van der Waals surface area contributed by atoms with Crippen LogP contribution in [0.4, 0.5) is 9.52 Å². The number of thioether (sulfide) groups is 1. The average Bonchev–Trinajstić information content (AvgIpc) is 3.58. The van der Waals surface area contributed by atoms with Crippen LogP contribution in [-0.2, 0) is 15.3 Å². The molecule has 0 spiro atoms. The van der Waals surface area contributed by atoms with Gasteiger partial charge in [0.25, 0.3) is 5.78 Å². The lowest BCUT2D eigenvalue weighted by Crippen LogP contribution is -2.29. The van der Waals surface area contributed by atoms with Gasteiger partial charge in [0.2, 0.25) is 5.13 Å². The van der Waals surface area contributed by atoms with E-state index in [0.29, 0.717) is 33.6 Å². The lowest BCUT2D eigenvalue weighted by atomic mass is 9.93. The summed E-state index contributed by atoms with van der Waals surface area (Å²) in [6.07, 6.45) is 3.13. The van der Waals surface area contributed by atoms with Gasteiger partial charge in [-0.15, -0.1) is 10.2 Å². The van der Waals surface area contributed by atoms with Crippen molar-refractivity contribution in [3.8, 4) is 5.75 Å². The zero-order valence-electron chi connectivity index (χ0n) is 24.2. The van der Waals surface area contributed by atoms with E-state index in [9.17, 15) is 19.1 Å². The van der Waals surface area contributed by atoms with Crippen LogP contribution < -0.4 is 9.64 Å². The first kappa shape index (κ1) is 30.4. The fourth-order valence-electron chi connectivity index (χ4n) is 4.85. The van der Waals surface area contributed by atoms with Gasteiger partial charge in [-0.3, -0.25) is 14.5 Å². The number of anilines is 1. The van der Waals surface area contributed by atoms with Gasteiger partial charge in [-0.05, 0) is 67.3 Å². The number of hydrogen-bond donors (Lipinski definition) is 1. The first-order valence-corrected chi connectivity index (χ1v) is 15.9. The lowest BCUT2D eigenvalue weighted by Gasteiger charge is -2.23. The minimum atomic E-state index is -0.919. The van der Waals surface area contributed by atoms with Crippen LogP contribution in [0.5, 0.6) is 5.75 Å². The number of halogens is 1. The Labute approximate surface area is 258 Å². The van der Waals surface area contributed by atoms with E-state index in [-0.39, 0.29) is 22.3 Å². The SMILES string of the molecule is CCCCCOc1ccc(C2/C(=C(\O)c3cc(C)ccc3C)C(=O)C(=O)N2c2nnc(SCc3ccc(F)cc3)s2)cc1. The van der Waals surface area contributed by atoms with Crippen molar-refractivity contribution in [3.05, 3.63) is 106 Å². The summed E-state index contributed by atoms with van der Waals surface area (Å²) in [5, 5.41) is 20.3. The van der Waals surface area contributed by atoms with Crippen LogP contribution in [0.3, 0.4) is 0 Å². The first-order chi connectivity index (χ1) is 20.8. The molecule has 0 saturated carbocycles. The Morgan fingerprint density at radius 1 is 1.02 bits per heavy atom. The van der Waals surface area contributed by atoms with E-state index in [2.05, 4.69) is 17.1 Å². The fourth-order valence-corrected chi connectivity index (χ4v) is 6.68. The molecule has 0 bridgehead atoms. The molecule has 1 unspecified atom stereocenters. The minimum Gasteiger partial charge on any atom is -0.507 e. The molecule has 0 radical (unpaired) electrons. The van der Waals surface area contributed by atoms with Crippen LogP contribution in [0.2, 0.25) is 0 Å². The molecule has 1 aliphatic rings. The number of ketones is 1. The Balaban J connectivity index is 1.51. The van der Waals surface area contributed by atoms with Gasteiger partial charge in [-0.25, -0.2) is 4.39 Å². The van der Waals surface area contributed by atoms with Crippen molar-refractivity contribution >= 4 is 45.7 Å². The number of aryl methyl sites for hydroxylation is 2. The van der Waals surface area contributed by atoms with Crippen molar-refractivity contribution in [3.63, 3.8) is 0 Å². The minimum absolute atomic E-state index is 0.00831. The normalized spacial score (nSPS) is 16.2. The van der Waals surface area contributed by atoms with Gasteiger partial charge in [0.1, 0.15) is 17.3 Å². The van der Waals surface area contributed by atoms with Gasteiger partial charge in [0.15, 0.2) is 4.34 Å². The molecule has 2 heterocycles. The average molecular weight is 618 g/mol. The number of rotatable bonds is 11. The number of ether oxygens (including phenoxy) is 1.